The average Bonchev–Trinajstić information content (AvgIpc) is 2.98. The third kappa shape index (κ3) is 3.87. The summed E-state index contributed by atoms with van der Waals surface area (Å²) >= 11 is 0. The van der Waals surface area contributed by atoms with Crippen LogP contribution < -0.4 is 4.90 Å². The first-order chi connectivity index (χ1) is 15.1. The molecule has 0 bridgehead atoms. The molecule has 3 heterocycles. The summed E-state index contributed by atoms with van der Waals surface area (Å²) in [6.45, 7) is 1.66. The van der Waals surface area contributed by atoms with Crippen molar-refractivity contribution in [1.82, 2.24) is 9.88 Å². The molecule has 2 aliphatic rings. The highest BCUT2D eigenvalue weighted by atomic mass is 16.3. The van der Waals surface area contributed by atoms with Crippen molar-refractivity contribution >= 4 is 17.3 Å². The maximum Gasteiger partial charge on any atom is 0.245 e. The number of hydrogen-bond donors (Lipinski definition) is 1. The number of rotatable bonds is 3. The molecule has 3 aromatic rings. The van der Waals surface area contributed by atoms with Gasteiger partial charge in [0.1, 0.15) is 5.60 Å². The Morgan fingerprint density at radius 2 is 1.45 bits per heavy atom. The number of hydrogen-bond acceptors (Lipinski definition) is 4. The lowest BCUT2D eigenvalue weighted by Gasteiger charge is -2.38. The predicted molar refractivity (Wildman–Crippen MR) is 121 cm³/mol. The van der Waals surface area contributed by atoms with Crippen molar-refractivity contribution in [2.24, 2.45) is 0 Å². The lowest BCUT2D eigenvalue weighted by Crippen LogP contribution is -2.47. The molecule has 158 valence electrons. The number of nitrogens with zero attached hydrogens (tertiary/aromatic N) is 3. The molecule has 0 atom stereocenters. The fourth-order valence-corrected chi connectivity index (χ4v) is 4.79. The Labute approximate surface area is 183 Å². The number of aromatic nitrogens is 1. The molecule has 0 spiro atoms. The number of amides is 1. The third-order valence-corrected chi connectivity index (χ3v) is 6.56. The van der Waals surface area contributed by atoms with Crippen LogP contribution in [-0.4, -0.2) is 40.5 Å². The van der Waals surface area contributed by atoms with E-state index in [4.69, 9.17) is 0 Å². The number of carbonyl (C=O) groups is 1. The molecule has 1 amide bonds. The van der Waals surface area contributed by atoms with E-state index < -0.39 is 5.60 Å². The number of fused-ring (bicyclic) bond motifs is 2. The van der Waals surface area contributed by atoms with Crippen LogP contribution in [0.15, 0.2) is 72.9 Å². The van der Waals surface area contributed by atoms with Crippen LogP contribution in [0.25, 0.3) is 0 Å². The van der Waals surface area contributed by atoms with E-state index in [1.54, 1.807) is 6.20 Å². The second kappa shape index (κ2) is 8.25. The summed E-state index contributed by atoms with van der Waals surface area (Å²) in [4.78, 5) is 22.0. The van der Waals surface area contributed by atoms with Gasteiger partial charge in [-0.15, -0.1) is 0 Å². The molecule has 0 saturated carbocycles. The van der Waals surface area contributed by atoms with E-state index >= 15 is 0 Å². The molecule has 2 aromatic carbocycles. The van der Waals surface area contributed by atoms with Crippen LogP contribution in [0.2, 0.25) is 0 Å². The second-order valence-electron chi connectivity index (χ2n) is 8.51. The van der Waals surface area contributed by atoms with Gasteiger partial charge in [0.2, 0.25) is 5.91 Å². The van der Waals surface area contributed by atoms with Crippen molar-refractivity contribution < 1.29 is 9.90 Å². The molecule has 0 radical (unpaired) electrons. The largest absolute Gasteiger partial charge is 0.383 e. The van der Waals surface area contributed by atoms with Gasteiger partial charge in [0.05, 0.1) is 23.6 Å². The third-order valence-electron chi connectivity index (χ3n) is 6.56. The van der Waals surface area contributed by atoms with Crippen molar-refractivity contribution in [3.63, 3.8) is 0 Å². The maximum atomic E-state index is 13.6. The number of pyridine rings is 1. The Bertz CT molecular complexity index is 1030. The van der Waals surface area contributed by atoms with E-state index in [0.29, 0.717) is 32.5 Å². The molecule has 5 rings (SSSR count). The molecular weight excluding hydrogens is 386 g/mol. The van der Waals surface area contributed by atoms with E-state index in [-0.39, 0.29) is 5.91 Å². The van der Waals surface area contributed by atoms with Crippen LogP contribution in [0.1, 0.15) is 29.7 Å². The zero-order valence-corrected chi connectivity index (χ0v) is 17.6. The van der Waals surface area contributed by atoms with E-state index in [1.807, 2.05) is 59.5 Å². The SMILES string of the molecule is O=C(CN1CCC(O)(c2ccccn2)CC1)N1c2ccccc2CCc2ccccc21. The van der Waals surface area contributed by atoms with Crippen LogP contribution >= 0.6 is 0 Å². The summed E-state index contributed by atoms with van der Waals surface area (Å²) in [6.07, 6.45) is 4.72. The number of aryl methyl sites for hydroxylation is 2. The van der Waals surface area contributed by atoms with E-state index in [1.165, 1.54) is 11.1 Å². The van der Waals surface area contributed by atoms with Gasteiger partial charge >= 0.3 is 0 Å². The van der Waals surface area contributed by atoms with Crippen LogP contribution in [-0.2, 0) is 23.2 Å². The number of likely N-dealkylation sites (tertiary alicyclic amines) is 1. The fourth-order valence-electron chi connectivity index (χ4n) is 4.79. The molecule has 1 aromatic heterocycles. The fraction of sp³-hybridized carbons (Fsp3) is 0.308. The number of carbonyl (C=O) groups excluding carboxylic acids is 1. The highest BCUT2D eigenvalue weighted by molar-refractivity contribution is 6.03. The molecule has 5 nitrogen and oxygen atoms in total. The van der Waals surface area contributed by atoms with E-state index in [2.05, 4.69) is 22.0 Å². The Hall–Kier alpha value is -3.02. The normalized spacial score (nSPS) is 18.0. The lowest BCUT2D eigenvalue weighted by molar-refractivity contribution is -0.120. The quantitative estimate of drug-likeness (QED) is 0.709. The number of piperidine rings is 1. The van der Waals surface area contributed by atoms with Crippen molar-refractivity contribution in [1.29, 1.82) is 0 Å². The van der Waals surface area contributed by atoms with Crippen LogP contribution in [0.4, 0.5) is 11.4 Å². The standard InChI is InChI=1S/C26H27N3O2/c30-25(19-28-17-14-26(31,15-18-28)24-11-5-6-16-27-24)29-22-9-3-1-7-20(22)12-13-21-8-2-4-10-23(21)29/h1-11,16,31H,12-15,17-19H2. The molecule has 5 heteroatoms. The topological polar surface area (TPSA) is 56.7 Å². The van der Waals surface area contributed by atoms with Gasteiger partial charge in [-0.3, -0.25) is 19.6 Å². The first-order valence-corrected chi connectivity index (χ1v) is 11.0. The van der Waals surface area contributed by atoms with Crippen molar-refractivity contribution in [3.05, 3.63) is 89.7 Å². The minimum Gasteiger partial charge on any atom is -0.383 e. The van der Waals surface area contributed by atoms with Gasteiger partial charge in [0, 0.05) is 19.3 Å². The highest BCUT2D eigenvalue weighted by Gasteiger charge is 2.36. The van der Waals surface area contributed by atoms with E-state index in [0.717, 1.165) is 29.9 Å². The van der Waals surface area contributed by atoms with Gasteiger partial charge < -0.3 is 5.11 Å². The molecule has 31 heavy (non-hydrogen) atoms. The van der Waals surface area contributed by atoms with Crippen molar-refractivity contribution in [3.8, 4) is 0 Å². The van der Waals surface area contributed by atoms with Gasteiger partial charge in [-0.1, -0.05) is 42.5 Å². The summed E-state index contributed by atoms with van der Waals surface area (Å²) in [5, 5.41) is 11.1. The molecule has 1 fully saturated rings. The number of anilines is 2. The second-order valence-corrected chi connectivity index (χ2v) is 8.51. The monoisotopic (exact) mass is 413 g/mol. The first kappa shape index (κ1) is 19.9. The summed E-state index contributed by atoms with van der Waals surface area (Å²) < 4.78 is 0. The summed E-state index contributed by atoms with van der Waals surface area (Å²) in [5.74, 6) is 0.0741. The van der Waals surface area contributed by atoms with Crippen molar-refractivity contribution in [2.45, 2.75) is 31.3 Å². The van der Waals surface area contributed by atoms with Gasteiger partial charge in [-0.05, 0) is 61.1 Å². The molecular formula is C26H27N3O2. The Morgan fingerprint density at radius 3 is 2.03 bits per heavy atom. The van der Waals surface area contributed by atoms with Gasteiger partial charge in [-0.2, -0.15) is 0 Å². The van der Waals surface area contributed by atoms with Crippen LogP contribution in [0, 0.1) is 0 Å². The van der Waals surface area contributed by atoms with Crippen molar-refractivity contribution in [2.75, 3.05) is 24.5 Å². The molecule has 1 saturated heterocycles. The molecule has 0 unspecified atom stereocenters. The van der Waals surface area contributed by atoms with Gasteiger partial charge in [0.25, 0.3) is 0 Å². The maximum absolute atomic E-state index is 13.6. The molecule has 0 aliphatic carbocycles. The molecule has 1 N–H and O–H groups in total. The zero-order chi connectivity index (χ0) is 21.3. The van der Waals surface area contributed by atoms with Gasteiger partial charge in [-0.25, -0.2) is 0 Å². The average molecular weight is 414 g/mol. The Morgan fingerprint density at radius 1 is 0.871 bits per heavy atom. The minimum absolute atomic E-state index is 0.0741. The zero-order valence-electron chi connectivity index (χ0n) is 17.6. The number of para-hydroxylation sites is 2. The van der Waals surface area contributed by atoms with Crippen LogP contribution in [0.3, 0.4) is 0 Å². The number of aliphatic hydroxyl groups is 1. The number of benzene rings is 2. The van der Waals surface area contributed by atoms with E-state index in [9.17, 15) is 9.90 Å². The summed E-state index contributed by atoms with van der Waals surface area (Å²) in [6, 6.07) is 22.1. The predicted octanol–water partition coefficient (Wildman–Crippen LogP) is 3.83. The molecule has 2 aliphatic heterocycles. The Balaban J connectivity index is 1.36. The minimum atomic E-state index is -0.914. The van der Waals surface area contributed by atoms with Crippen LogP contribution in [0.5, 0.6) is 0 Å². The Kier molecular flexibility index (Phi) is 5.30. The van der Waals surface area contributed by atoms with Gasteiger partial charge in [0.15, 0.2) is 0 Å². The first-order valence-electron chi connectivity index (χ1n) is 11.0. The highest BCUT2D eigenvalue weighted by Crippen LogP contribution is 2.37. The summed E-state index contributed by atoms with van der Waals surface area (Å²) in [5.41, 5.74) is 4.18. The lowest BCUT2D eigenvalue weighted by atomic mass is 9.88. The summed E-state index contributed by atoms with van der Waals surface area (Å²) in [7, 11) is 0. The smallest absolute Gasteiger partial charge is 0.245 e.